The molecule has 0 unspecified atom stereocenters. The van der Waals surface area contributed by atoms with E-state index in [0.29, 0.717) is 5.39 Å². The van der Waals surface area contributed by atoms with Crippen LogP contribution in [-0.2, 0) is 6.42 Å². The molecule has 17 heavy (non-hydrogen) atoms. The molecule has 90 valence electrons. The van der Waals surface area contributed by atoms with Gasteiger partial charge in [-0.05, 0) is 38.0 Å². The predicted molar refractivity (Wildman–Crippen MR) is 70.0 cm³/mol. The van der Waals surface area contributed by atoms with Gasteiger partial charge in [0.05, 0.1) is 12.6 Å². The number of rotatable bonds is 2. The highest BCUT2D eigenvalue weighted by Crippen LogP contribution is 2.22. The average Bonchev–Trinajstić information content (AvgIpc) is 2.31. The highest BCUT2D eigenvalue weighted by Gasteiger charge is 2.10. The third kappa shape index (κ3) is 1.82. The topological polar surface area (TPSA) is 42.1 Å². The molecular formula is C14H17NO2. The Balaban J connectivity index is 2.92. The third-order valence-corrected chi connectivity index (χ3v) is 3.18. The molecule has 3 heteroatoms. The van der Waals surface area contributed by atoms with Crippen LogP contribution in [0.2, 0.25) is 0 Å². The molecule has 0 radical (unpaired) electrons. The minimum atomic E-state index is 0.112. The van der Waals surface area contributed by atoms with Crippen LogP contribution < -0.4 is 10.2 Å². The number of ether oxygens (including phenoxy) is 1. The van der Waals surface area contributed by atoms with E-state index in [9.17, 15) is 4.79 Å². The number of hydrogen-bond donors (Lipinski definition) is 1. The Morgan fingerprint density at radius 3 is 2.59 bits per heavy atom. The highest BCUT2D eigenvalue weighted by molar-refractivity contribution is 5.84. The largest absolute Gasteiger partial charge is 0.497 e. The summed E-state index contributed by atoms with van der Waals surface area (Å²) in [6, 6.07) is 3.74. The van der Waals surface area contributed by atoms with Gasteiger partial charge < -0.3 is 9.72 Å². The molecule has 3 nitrogen and oxygen atoms in total. The molecule has 0 spiro atoms. The SMILES string of the molecule is CCc1c(C)[nH]c2c(C)cc(OC)cc2c1=O. The van der Waals surface area contributed by atoms with E-state index >= 15 is 0 Å². The molecule has 0 fully saturated rings. The Bertz CT molecular complexity index is 626. The van der Waals surface area contributed by atoms with Crippen molar-refractivity contribution >= 4 is 10.9 Å². The van der Waals surface area contributed by atoms with Crippen LogP contribution in [0.1, 0.15) is 23.7 Å². The van der Waals surface area contributed by atoms with E-state index < -0.39 is 0 Å². The number of methoxy groups -OCH3 is 1. The zero-order valence-electron chi connectivity index (χ0n) is 10.7. The molecule has 0 saturated carbocycles. The molecule has 0 bridgehead atoms. The van der Waals surface area contributed by atoms with Gasteiger partial charge in [-0.2, -0.15) is 0 Å². The normalized spacial score (nSPS) is 10.8. The number of H-pyrrole nitrogens is 1. The summed E-state index contributed by atoms with van der Waals surface area (Å²) in [5.74, 6) is 0.728. The van der Waals surface area contributed by atoms with E-state index in [1.54, 1.807) is 13.2 Å². The van der Waals surface area contributed by atoms with Gasteiger partial charge in [0.25, 0.3) is 0 Å². The van der Waals surface area contributed by atoms with Crippen molar-refractivity contribution in [2.75, 3.05) is 7.11 Å². The van der Waals surface area contributed by atoms with Gasteiger partial charge >= 0.3 is 0 Å². The minimum absolute atomic E-state index is 0.112. The van der Waals surface area contributed by atoms with Crippen molar-refractivity contribution in [2.24, 2.45) is 0 Å². The molecule has 2 rings (SSSR count). The summed E-state index contributed by atoms with van der Waals surface area (Å²) in [6.45, 7) is 5.92. The smallest absolute Gasteiger partial charge is 0.192 e. The second-order valence-corrected chi connectivity index (χ2v) is 4.28. The Hall–Kier alpha value is -1.77. The summed E-state index contributed by atoms with van der Waals surface area (Å²) < 4.78 is 5.21. The van der Waals surface area contributed by atoms with Crippen LogP contribution in [0.3, 0.4) is 0 Å². The molecule has 1 heterocycles. The van der Waals surface area contributed by atoms with Gasteiger partial charge in [-0.1, -0.05) is 6.92 Å². The summed E-state index contributed by atoms with van der Waals surface area (Å²) in [5.41, 5.74) is 3.86. The third-order valence-electron chi connectivity index (χ3n) is 3.18. The van der Waals surface area contributed by atoms with Crippen molar-refractivity contribution in [3.05, 3.63) is 39.2 Å². The molecule has 1 N–H and O–H groups in total. The standard InChI is InChI=1S/C14H17NO2/c1-5-11-9(3)15-13-8(2)6-10(17-4)7-12(13)14(11)16/h6-7H,5H2,1-4H3,(H,15,16). The number of hydrogen-bond acceptors (Lipinski definition) is 2. The van der Waals surface area contributed by atoms with E-state index in [4.69, 9.17) is 4.74 Å². The van der Waals surface area contributed by atoms with Gasteiger partial charge in [-0.25, -0.2) is 0 Å². The van der Waals surface area contributed by atoms with E-state index in [0.717, 1.165) is 34.5 Å². The molecule has 0 atom stereocenters. The molecule has 1 aromatic carbocycles. The van der Waals surface area contributed by atoms with Gasteiger partial charge in [0, 0.05) is 16.6 Å². The molecule has 0 saturated heterocycles. The Labute approximate surface area is 100 Å². The fraction of sp³-hybridized carbons (Fsp3) is 0.357. The van der Waals surface area contributed by atoms with Crippen LogP contribution in [0.15, 0.2) is 16.9 Å². The first-order valence-electron chi connectivity index (χ1n) is 5.78. The van der Waals surface area contributed by atoms with Crippen molar-refractivity contribution in [3.8, 4) is 5.75 Å². The summed E-state index contributed by atoms with van der Waals surface area (Å²) in [6.07, 6.45) is 0.743. The molecule has 0 amide bonds. The first-order chi connectivity index (χ1) is 8.08. The quantitative estimate of drug-likeness (QED) is 0.863. The molecule has 2 aromatic rings. The summed E-state index contributed by atoms with van der Waals surface area (Å²) in [4.78, 5) is 15.6. The van der Waals surface area contributed by atoms with Crippen LogP contribution in [-0.4, -0.2) is 12.1 Å². The maximum absolute atomic E-state index is 12.3. The Morgan fingerprint density at radius 1 is 1.29 bits per heavy atom. The summed E-state index contributed by atoms with van der Waals surface area (Å²) >= 11 is 0. The maximum Gasteiger partial charge on any atom is 0.192 e. The van der Waals surface area contributed by atoms with Crippen LogP contribution in [0, 0.1) is 13.8 Å². The van der Waals surface area contributed by atoms with Crippen molar-refractivity contribution in [1.82, 2.24) is 4.98 Å². The van der Waals surface area contributed by atoms with Crippen LogP contribution in [0.5, 0.6) is 5.75 Å². The van der Waals surface area contributed by atoms with E-state index in [1.165, 1.54) is 0 Å². The van der Waals surface area contributed by atoms with Crippen LogP contribution in [0.4, 0.5) is 0 Å². The molecule has 1 aromatic heterocycles. The van der Waals surface area contributed by atoms with Gasteiger partial charge in [0.1, 0.15) is 5.75 Å². The first-order valence-corrected chi connectivity index (χ1v) is 5.78. The lowest BCUT2D eigenvalue weighted by molar-refractivity contribution is 0.415. The second kappa shape index (κ2) is 4.24. The number of benzene rings is 1. The fourth-order valence-electron chi connectivity index (χ4n) is 2.24. The lowest BCUT2D eigenvalue weighted by Gasteiger charge is -2.10. The van der Waals surface area contributed by atoms with E-state index in [2.05, 4.69) is 4.98 Å². The summed E-state index contributed by atoms with van der Waals surface area (Å²) in [5, 5.41) is 0.712. The lowest BCUT2D eigenvalue weighted by Crippen LogP contribution is -2.13. The van der Waals surface area contributed by atoms with Crippen LogP contribution >= 0.6 is 0 Å². The number of aromatic amines is 1. The Kier molecular flexibility index (Phi) is 2.92. The molecule has 0 aliphatic rings. The maximum atomic E-state index is 12.3. The highest BCUT2D eigenvalue weighted by atomic mass is 16.5. The van der Waals surface area contributed by atoms with E-state index in [1.807, 2.05) is 26.8 Å². The van der Waals surface area contributed by atoms with Crippen LogP contribution in [0.25, 0.3) is 10.9 Å². The molecular weight excluding hydrogens is 214 g/mol. The predicted octanol–water partition coefficient (Wildman–Crippen LogP) is 2.72. The lowest BCUT2D eigenvalue weighted by atomic mass is 10.0. The number of fused-ring (bicyclic) bond motifs is 1. The second-order valence-electron chi connectivity index (χ2n) is 4.28. The van der Waals surface area contributed by atoms with Gasteiger partial charge in [-0.3, -0.25) is 4.79 Å². The van der Waals surface area contributed by atoms with E-state index in [-0.39, 0.29) is 5.43 Å². The zero-order chi connectivity index (χ0) is 12.6. The van der Waals surface area contributed by atoms with Crippen molar-refractivity contribution in [1.29, 1.82) is 0 Å². The monoisotopic (exact) mass is 231 g/mol. The zero-order valence-corrected chi connectivity index (χ0v) is 10.7. The first kappa shape index (κ1) is 11.7. The van der Waals surface area contributed by atoms with Gasteiger partial charge in [0.2, 0.25) is 0 Å². The van der Waals surface area contributed by atoms with Gasteiger partial charge in [0.15, 0.2) is 5.43 Å². The Morgan fingerprint density at radius 2 is 2.00 bits per heavy atom. The fourth-order valence-corrected chi connectivity index (χ4v) is 2.24. The van der Waals surface area contributed by atoms with Crippen molar-refractivity contribution < 1.29 is 4.74 Å². The number of aromatic nitrogens is 1. The average molecular weight is 231 g/mol. The van der Waals surface area contributed by atoms with Gasteiger partial charge in [-0.15, -0.1) is 0 Å². The number of nitrogens with one attached hydrogen (secondary N) is 1. The minimum Gasteiger partial charge on any atom is -0.497 e. The number of pyridine rings is 1. The summed E-state index contributed by atoms with van der Waals surface area (Å²) in [7, 11) is 1.61. The molecule has 0 aliphatic heterocycles. The van der Waals surface area contributed by atoms with Crippen molar-refractivity contribution in [2.45, 2.75) is 27.2 Å². The molecule has 0 aliphatic carbocycles. The number of aryl methyl sites for hydroxylation is 2. The van der Waals surface area contributed by atoms with Crippen molar-refractivity contribution in [3.63, 3.8) is 0 Å².